The van der Waals surface area contributed by atoms with E-state index in [1.807, 2.05) is 90.5 Å². The summed E-state index contributed by atoms with van der Waals surface area (Å²) in [6, 6.07) is 25.0. The Labute approximate surface area is 196 Å². The predicted octanol–water partition coefficient (Wildman–Crippen LogP) is 4.99. The lowest BCUT2D eigenvalue weighted by Crippen LogP contribution is -2.31. The maximum Gasteiger partial charge on any atom is 0.255 e. The van der Waals surface area contributed by atoms with Crippen molar-refractivity contribution in [3.05, 3.63) is 119 Å². The number of aromatic nitrogens is 4. The number of rotatable bonds is 6. The normalized spacial score (nSPS) is 12.1. The summed E-state index contributed by atoms with van der Waals surface area (Å²) in [6.07, 6.45) is 3.30. The molecule has 164 valence electrons. The van der Waals surface area contributed by atoms with Crippen molar-refractivity contribution in [1.29, 1.82) is 0 Å². The van der Waals surface area contributed by atoms with Crippen molar-refractivity contribution in [2.24, 2.45) is 7.05 Å². The van der Waals surface area contributed by atoms with Gasteiger partial charge in [-0.2, -0.15) is 5.10 Å². The summed E-state index contributed by atoms with van der Waals surface area (Å²) in [5, 5.41) is 8.18. The fourth-order valence-corrected chi connectivity index (χ4v) is 4.14. The molecule has 0 spiro atoms. The maximum absolute atomic E-state index is 13.2. The van der Waals surface area contributed by atoms with Gasteiger partial charge in [-0.25, -0.2) is 4.98 Å². The Hall–Kier alpha value is -3.90. The fraction of sp³-hybridized carbons (Fsp3) is 0.115. The van der Waals surface area contributed by atoms with Gasteiger partial charge in [0.25, 0.3) is 5.91 Å². The summed E-state index contributed by atoms with van der Waals surface area (Å²) in [4.78, 5) is 18.1. The number of fused-ring (bicyclic) bond motifs is 1. The van der Waals surface area contributed by atoms with Crippen molar-refractivity contribution in [2.75, 3.05) is 0 Å². The van der Waals surface area contributed by atoms with Gasteiger partial charge in [-0.3, -0.25) is 9.48 Å². The highest BCUT2D eigenvalue weighted by Gasteiger charge is 2.23. The Morgan fingerprint density at radius 3 is 2.52 bits per heavy atom. The summed E-state index contributed by atoms with van der Waals surface area (Å²) in [5.74, 6) is 0.542. The van der Waals surface area contributed by atoms with Gasteiger partial charge in [-0.1, -0.05) is 72.3 Å². The molecule has 0 aliphatic carbocycles. The SMILES string of the molecule is Cn1c(C(NC(=O)c2cnn(Cc3ccccc3Cl)c2)c2ccccc2)nc2ccccc21. The van der Waals surface area contributed by atoms with Gasteiger partial charge in [0.1, 0.15) is 11.9 Å². The van der Waals surface area contributed by atoms with Crippen LogP contribution in [-0.4, -0.2) is 25.2 Å². The van der Waals surface area contributed by atoms with Gasteiger partial charge in [0.2, 0.25) is 0 Å². The lowest BCUT2D eigenvalue weighted by molar-refractivity contribution is 0.0941. The van der Waals surface area contributed by atoms with Crippen LogP contribution in [0.5, 0.6) is 0 Å². The summed E-state index contributed by atoms with van der Waals surface area (Å²) < 4.78 is 3.73. The van der Waals surface area contributed by atoms with Crippen molar-refractivity contribution in [3.8, 4) is 0 Å². The van der Waals surface area contributed by atoms with Crippen molar-refractivity contribution >= 4 is 28.5 Å². The van der Waals surface area contributed by atoms with E-state index in [-0.39, 0.29) is 5.91 Å². The zero-order valence-electron chi connectivity index (χ0n) is 18.0. The first kappa shape index (κ1) is 21.0. The Bertz CT molecular complexity index is 1420. The number of halogens is 1. The van der Waals surface area contributed by atoms with Gasteiger partial charge in [0.05, 0.1) is 29.3 Å². The van der Waals surface area contributed by atoms with Crippen LogP contribution in [-0.2, 0) is 13.6 Å². The van der Waals surface area contributed by atoms with Gasteiger partial charge in [-0.05, 0) is 29.3 Å². The van der Waals surface area contributed by atoms with E-state index >= 15 is 0 Å². The van der Waals surface area contributed by atoms with E-state index in [1.165, 1.54) is 0 Å². The van der Waals surface area contributed by atoms with E-state index in [9.17, 15) is 4.79 Å². The predicted molar refractivity (Wildman–Crippen MR) is 129 cm³/mol. The largest absolute Gasteiger partial charge is 0.338 e. The molecular formula is C26H22ClN5O. The third kappa shape index (κ3) is 4.25. The molecule has 3 aromatic carbocycles. The number of para-hydroxylation sites is 2. The van der Waals surface area contributed by atoms with Gasteiger partial charge in [-0.15, -0.1) is 0 Å². The minimum absolute atomic E-state index is 0.221. The molecule has 5 rings (SSSR count). The number of nitrogens with one attached hydrogen (secondary N) is 1. The highest BCUT2D eigenvalue weighted by atomic mass is 35.5. The standard InChI is InChI=1S/C26H22ClN5O/c1-31-23-14-8-7-13-22(23)29-25(31)24(18-9-3-2-4-10-18)30-26(33)20-15-28-32(17-20)16-19-11-5-6-12-21(19)27/h2-15,17,24H,16H2,1H3,(H,30,33). The van der Waals surface area contributed by atoms with E-state index in [2.05, 4.69) is 10.4 Å². The lowest BCUT2D eigenvalue weighted by atomic mass is 10.1. The van der Waals surface area contributed by atoms with Crippen molar-refractivity contribution < 1.29 is 4.79 Å². The quantitative estimate of drug-likeness (QED) is 0.392. The van der Waals surface area contributed by atoms with E-state index in [4.69, 9.17) is 16.6 Å². The number of carbonyl (C=O) groups is 1. The molecule has 0 aliphatic rings. The number of hydrogen-bond donors (Lipinski definition) is 1. The summed E-state index contributed by atoms with van der Waals surface area (Å²) in [5.41, 5.74) is 4.26. The van der Waals surface area contributed by atoms with E-state index in [0.717, 1.165) is 28.0 Å². The van der Waals surface area contributed by atoms with Crippen molar-refractivity contribution in [2.45, 2.75) is 12.6 Å². The fourth-order valence-electron chi connectivity index (χ4n) is 3.95. The first-order chi connectivity index (χ1) is 16.1. The number of nitrogens with zero attached hydrogens (tertiary/aromatic N) is 4. The number of hydrogen-bond acceptors (Lipinski definition) is 3. The average Bonchev–Trinajstić information content (AvgIpc) is 3.44. The van der Waals surface area contributed by atoms with Crippen LogP contribution in [0.2, 0.25) is 5.02 Å². The average molecular weight is 456 g/mol. The molecule has 2 aromatic heterocycles. The number of aryl methyl sites for hydroxylation is 1. The zero-order chi connectivity index (χ0) is 22.8. The Kier molecular flexibility index (Phi) is 5.67. The Morgan fingerprint density at radius 1 is 1.00 bits per heavy atom. The van der Waals surface area contributed by atoms with Gasteiger partial charge >= 0.3 is 0 Å². The first-order valence-electron chi connectivity index (χ1n) is 10.6. The van der Waals surface area contributed by atoms with E-state index in [0.29, 0.717) is 17.1 Å². The van der Waals surface area contributed by atoms with Gasteiger partial charge in [0, 0.05) is 18.3 Å². The molecule has 5 aromatic rings. The molecule has 1 N–H and O–H groups in total. The molecule has 7 heteroatoms. The van der Waals surface area contributed by atoms with Gasteiger partial charge in [0.15, 0.2) is 0 Å². The molecule has 0 fully saturated rings. The summed E-state index contributed by atoms with van der Waals surface area (Å²) >= 11 is 6.27. The second-order valence-electron chi connectivity index (χ2n) is 7.85. The highest BCUT2D eigenvalue weighted by molar-refractivity contribution is 6.31. The molecule has 2 heterocycles. The zero-order valence-corrected chi connectivity index (χ0v) is 18.8. The summed E-state index contributed by atoms with van der Waals surface area (Å²) in [7, 11) is 1.97. The van der Waals surface area contributed by atoms with Crippen LogP contribution in [0.3, 0.4) is 0 Å². The molecule has 0 bridgehead atoms. The third-order valence-electron chi connectivity index (χ3n) is 5.67. The molecule has 0 radical (unpaired) electrons. The van der Waals surface area contributed by atoms with Gasteiger partial charge < -0.3 is 9.88 Å². The maximum atomic E-state index is 13.2. The van der Waals surface area contributed by atoms with Crippen LogP contribution in [0.4, 0.5) is 0 Å². The molecular weight excluding hydrogens is 434 g/mol. The van der Waals surface area contributed by atoms with Crippen LogP contribution in [0.1, 0.15) is 33.4 Å². The molecule has 1 amide bonds. The molecule has 6 nitrogen and oxygen atoms in total. The second kappa shape index (κ2) is 8.92. The lowest BCUT2D eigenvalue weighted by Gasteiger charge is -2.19. The summed E-state index contributed by atoms with van der Waals surface area (Å²) in [6.45, 7) is 0.486. The minimum Gasteiger partial charge on any atom is -0.338 e. The van der Waals surface area contributed by atoms with Crippen LogP contribution in [0, 0.1) is 0 Å². The topological polar surface area (TPSA) is 64.7 Å². The molecule has 1 unspecified atom stereocenters. The minimum atomic E-state index is -0.414. The Morgan fingerprint density at radius 2 is 1.73 bits per heavy atom. The second-order valence-corrected chi connectivity index (χ2v) is 8.26. The van der Waals surface area contributed by atoms with Crippen LogP contribution < -0.4 is 5.32 Å². The molecule has 0 saturated heterocycles. The van der Waals surface area contributed by atoms with Crippen molar-refractivity contribution in [3.63, 3.8) is 0 Å². The third-order valence-corrected chi connectivity index (χ3v) is 6.04. The van der Waals surface area contributed by atoms with Crippen LogP contribution in [0.25, 0.3) is 11.0 Å². The Balaban J connectivity index is 1.44. The molecule has 0 aliphatic heterocycles. The number of imidazole rings is 1. The molecule has 1 atom stereocenters. The van der Waals surface area contributed by atoms with Crippen LogP contribution in [0.15, 0.2) is 91.3 Å². The highest BCUT2D eigenvalue weighted by Crippen LogP contribution is 2.25. The van der Waals surface area contributed by atoms with Crippen molar-refractivity contribution in [1.82, 2.24) is 24.6 Å². The number of amides is 1. The number of benzene rings is 3. The monoisotopic (exact) mass is 455 g/mol. The molecule has 33 heavy (non-hydrogen) atoms. The molecule has 0 saturated carbocycles. The first-order valence-corrected chi connectivity index (χ1v) is 11.0. The van der Waals surface area contributed by atoms with E-state index in [1.54, 1.807) is 17.1 Å². The van der Waals surface area contributed by atoms with E-state index < -0.39 is 6.04 Å². The number of carbonyl (C=O) groups excluding carboxylic acids is 1. The smallest absolute Gasteiger partial charge is 0.255 e. The van der Waals surface area contributed by atoms with Crippen LogP contribution >= 0.6 is 11.6 Å².